The Hall–Kier alpha value is -1.48. The van der Waals surface area contributed by atoms with Gasteiger partial charge in [0, 0.05) is 12.5 Å². The normalized spacial score (nSPS) is 20.8. The molecule has 0 aliphatic carbocycles. The van der Waals surface area contributed by atoms with Crippen molar-refractivity contribution in [1.29, 1.82) is 0 Å². The number of nitrogens with two attached hydrogens (primary N) is 1. The maximum atomic E-state index is 5.97. The van der Waals surface area contributed by atoms with Crippen molar-refractivity contribution in [2.75, 3.05) is 13.2 Å². The van der Waals surface area contributed by atoms with Crippen molar-refractivity contribution >= 4 is 0 Å². The SMILES string of the molecule is CC[C@H](OC[C@H]1C=C(N)NC1)c1ccccc1. The molecule has 1 aromatic carbocycles. The van der Waals surface area contributed by atoms with Crippen LogP contribution in [0.5, 0.6) is 0 Å². The van der Waals surface area contributed by atoms with Gasteiger partial charge in [0.05, 0.1) is 18.5 Å². The van der Waals surface area contributed by atoms with Crippen molar-refractivity contribution in [3.05, 3.63) is 47.8 Å². The van der Waals surface area contributed by atoms with E-state index in [0.29, 0.717) is 5.92 Å². The van der Waals surface area contributed by atoms with Crippen molar-refractivity contribution in [2.24, 2.45) is 11.7 Å². The van der Waals surface area contributed by atoms with E-state index in [1.807, 2.05) is 12.1 Å². The summed E-state index contributed by atoms with van der Waals surface area (Å²) in [5.41, 5.74) is 6.92. The fraction of sp³-hybridized carbons (Fsp3) is 0.429. The van der Waals surface area contributed by atoms with E-state index in [0.717, 1.165) is 25.4 Å². The molecule has 92 valence electrons. The first-order chi connectivity index (χ1) is 8.29. The predicted octanol–water partition coefficient (Wildman–Crippen LogP) is 2.17. The van der Waals surface area contributed by atoms with E-state index in [4.69, 9.17) is 10.5 Å². The van der Waals surface area contributed by atoms with Crippen LogP contribution in [0.1, 0.15) is 25.0 Å². The largest absolute Gasteiger partial charge is 0.386 e. The zero-order chi connectivity index (χ0) is 12.1. The molecule has 0 bridgehead atoms. The van der Waals surface area contributed by atoms with Crippen LogP contribution in [0.25, 0.3) is 0 Å². The van der Waals surface area contributed by atoms with E-state index in [1.54, 1.807) is 0 Å². The first-order valence-corrected chi connectivity index (χ1v) is 6.17. The first-order valence-electron chi connectivity index (χ1n) is 6.17. The van der Waals surface area contributed by atoms with E-state index in [-0.39, 0.29) is 6.10 Å². The Labute approximate surface area is 103 Å². The molecule has 0 saturated heterocycles. The predicted molar refractivity (Wildman–Crippen MR) is 69.2 cm³/mol. The molecule has 2 rings (SSSR count). The van der Waals surface area contributed by atoms with Crippen LogP contribution in [-0.2, 0) is 4.74 Å². The molecule has 3 nitrogen and oxygen atoms in total. The monoisotopic (exact) mass is 232 g/mol. The minimum absolute atomic E-state index is 0.187. The zero-order valence-electron chi connectivity index (χ0n) is 10.2. The van der Waals surface area contributed by atoms with Gasteiger partial charge in [0.15, 0.2) is 0 Å². The van der Waals surface area contributed by atoms with E-state index in [2.05, 4.69) is 36.5 Å². The van der Waals surface area contributed by atoms with Gasteiger partial charge in [-0.15, -0.1) is 0 Å². The number of nitrogens with one attached hydrogen (secondary N) is 1. The Morgan fingerprint density at radius 3 is 2.76 bits per heavy atom. The van der Waals surface area contributed by atoms with Gasteiger partial charge in [0.25, 0.3) is 0 Å². The maximum absolute atomic E-state index is 5.97. The van der Waals surface area contributed by atoms with Crippen LogP contribution < -0.4 is 11.1 Å². The van der Waals surface area contributed by atoms with Gasteiger partial charge >= 0.3 is 0 Å². The van der Waals surface area contributed by atoms with Gasteiger partial charge in [-0.2, -0.15) is 0 Å². The number of rotatable bonds is 5. The summed E-state index contributed by atoms with van der Waals surface area (Å²) in [7, 11) is 0. The lowest BCUT2D eigenvalue weighted by atomic mass is 10.1. The van der Waals surface area contributed by atoms with Crippen LogP contribution in [0, 0.1) is 5.92 Å². The van der Waals surface area contributed by atoms with Crippen LogP contribution >= 0.6 is 0 Å². The second kappa shape index (κ2) is 5.73. The number of benzene rings is 1. The Kier molecular flexibility index (Phi) is 4.04. The molecule has 0 fully saturated rings. The standard InChI is InChI=1S/C14H20N2O/c1-2-13(12-6-4-3-5-7-12)17-10-11-8-14(15)16-9-11/h3-8,11,13,16H,2,9-10,15H2,1H3/t11-,13-/m0/s1. The molecule has 1 heterocycles. The molecular formula is C14H20N2O. The van der Waals surface area contributed by atoms with Gasteiger partial charge in [-0.05, 0) is 18.1 Å². The fourth-order valence-corrected chi connectivity index (χ4v) is 2.08. The molecule has 1 aliphatic heterocycles. The molecule has 3 heteroatoms. The lowest BCUT2D eigenvalue weighted by Crippen LogP contribution is -2.19. The summed E-state index contributed by atoms with van der Waals surface area (Å²) in [5, 5.41) is 3.11. The van der Waals surface area contributed by atoms with Gasteiger partial charge < -0.3 is 15.8 Å². The lowest BCUT2D eigenvalue weighted by molar-refractivity contribution is 0.0363. The van der Waals surface area contributed by atoms with Crippen LogP contribution in [0.3, 0.4) is 0 Å². The van der Waals surface area contributed by atoms with Gasteiger partial charge in [0.2, 0.25) is 0 Å². The average Bonchev–Trinajstić information content (AvgIpc) is 2.77. The molecule has 1 aliphatic rings. The molecule has 17 heavy (non-hydrogen) atoms. The summed E-state index contributed by atoms with van der Waals surface area (Å²) in [6, 6.07) is 10.4. The Balaban J connectivity index is 1.88. The molecule has 0 spiro atoms. The quantitative estimate of drug-likeness (QED) is 0.818. The summed E-state index contributed by atoms with van der Waals surface area (Å²) in [5.74, 6) is 1.17. The second-order valence-electron chi connectivity index (χ2n) is 4.40. The second-order valence-corrected chi connectivity index (χ2v) is 4.40. The molecule has 1 aromatic rings. The highest BCUT2D eigenvalue weighted by molar-refractivity contribution is 5.17. The third kappa shape index (κ3) is 3.24. The van der Waals surface area contributed by atoms with Crippen LogP contribution in [-0.4, -0.2) is 13.2 Å². The van der Waals surface area contributed by atoms with Gasteiger partial charge in [-0.1, -0.05) is 37.3 Å². The molecule has 0 unspecified atom stereocenters. The van der Waals surface area contributed by atoms with E-state index >= 15 is 0 Å². The van der Waals surface area contributed by atoms with Crippen LogP contribution in [0.4, 0.5) is 0 Å². The maximum Gasteiger partial charge on any atom is 0.0923 e. The number of hydrogen-bond acceptors (Lipinski definition) is 3. The van der Waals surface area contributed by atoms with Gasteiger partial charge in [-0.25, -0.2) is 0 Å². The average molecular weight is 232 g/mol. The van der Waals surface area contributed by atoms with Crippen molar-refractivity contribution in [3.63, 3.8) is 0 Å². The van der Waals surface area contributed by atoms with Gasteiger partial charge in [0.1, 0.15) is 0 Å². The van der Waals surface area contributed by atoms with E-state index < -0.39 is 0 Å². The Bertz CT molecular complexity index is 375. The third-order valence-corrected chi connectivity index (χ3v) is 3.04. The van der Waals surface area contributed by atoms with Gasteiger partial charge in [-0.3, -0.25) is 0 Å². The number of ether oxygens (including phenoxy) is 1. The summed E-state index contributed by atoms with van der Waals surface area (Å²) in [6.07, 6.45) is 3.22. The summed E-state index contributed by atoms with van der Waals surface area (Å²) < 4.78 is 5.97. The molecule has 0 radical (unpaired) electrons. The topological polar surface area (TPSA) is 47.3 Å². The molecular weight excluding hydrogens is 212 g/mol. The summed E-state index contributed by atoms with van der Waals surface area (Å²) >= 11 is 0. The van der Waals surface area contributed by atoms with Crippen molar-refractivity contribution in [3.8, 4) is 0 Å². The highest BCUT2D eigenvalue weighted by atomic mass is 16.5. The summed E-state index contributed by atoms with van der Waals surface area (Å²) in [6.45, 7) is 3.76. The molecule has 2 atom stereocenters. The minimum Gasteiger partial charge on any atom is -0.386 e. The smallest absolute Gasteiger partial charge is 0.0923 e. The lowest BCUT2D eigenvalue weighted by Gasteiger charge is -2.18. The third-order valence-electron chi connectivity index (χ3n) is 3.04. The van der Waals surface area contributed by atoms with Crippen molar-refractivity contribution in [2.45, 2.75) is 19.4 Å². The first kappa shape index (κ1) is 12.0. The molecule has 0 amide bonds. The molecule has 0 saturated carbocycles. The highest BCUT2D eigenvalue weighted by Gasteiger charge is 2.16. The summed E-state index contributed by atoms with van der Waals surface area (Å²) in [4.78, 5) is 0. The Morgan fingerprint density at radius 2 is 2.18 bits per heavy atom. The fourth-order valence-electron chi connectivity index (χ4n) is 2.08. The Morgan fingerprint density at radius 1 is 1.41 bits per heavy atom. The van der Waals surface area contributed by atoms with Crippen LogP contribution in [0.15, 0.2) is 42.2 Å². The molecule has 0 aromatic heterocycles. The van der Waals surface area contributed by atoms with Crippen molar-refractivity contribution < 1.29 is 4.74 Å². The van der Waals surface area contributed by atoms with E-state index in [1.165, 1.54) is 5.56 Å². The number of hydrogen-bond donors (Lipinski definition) is 2. The highest BCUT2D eigenvalue weighted by Crippen LogP contribution is 2.22. The van der Waals surface area contributed by atoms with Crippen LogP contribution in [0.2, 0.25) is 0 Å². The minimum atomic E-state index is 0.187. The van der Waals surface area contributed by atoms with Crippen molar-refractivity contribution in [1.82, 2.24) is 5.32 Å². The zero-order valence-corrected chi connectivity index (χ0v) is 10.2. The molecule has 3 N–H and O–H groups in total. The van der Waals surface area contributed by atoms with E-state index in [9.17, 15) is 0 Å².